The Kier molecular flexibility index (Phi) is 8.52. The van der Waals surface area contributed by atoms with E-state index in [1.165, 1.54) is 35.1 Å². The summed E-state index contributed by atoms with van der Waals surface area (Å²) in [5.41, 5.74) is 5.19. The number of rotatable bonds is 10. The van der Waals surface area contributed by atoms with Gasteiger partial charge in [-0.3, -0.25) is 0 Å². The maximum Gasteiger partial charge on any atom is 0.0689 e. The number of hydrogen-bond acceptors (Lipinski definition) is 2. The van der Waals surface area contributed by atoms with Crippen molar-refractivity contribution in [2.24, 2.45) is 5.41 Å². The van der Waals surface area contributed by atoms with Crippen molar-refractivity contribution in [2.45, 2.75) is 83.5 Å². The topological polar surface area (TPSA) is 44.0 Å². The van der Waals surface area contributed by atoms with Gasteiger partial charge in [-0.05, 0) is 66.7 Å². The zero-order chi connectivity index (χ0) is 21.2. The minimum absolute atomic E-state index is 0.157. The van der Waals surface area contributed by atoms with Crippen LogP contribution in [0.1, 0.15) is 88.2 Å². The third kappa shape index (κ3) is 5.96. The number of aliphatic hydroxyl groups excluding tert-OH is 1. The summed E-state index contributed by atoms with van der Waals surface area (Å²) < 4.78 is 0. The van der Waals surface area contributed by atoms with E-state index in [9.17, 15) is 5.26 Å². The molecule has 0 spiro atoms. The van der Waals surface area contributed by atoms with Crippen molar-refractivity contribution in [3.63, 3.8) is 0 Å². The summed E-state index contributed by atoms with van der Waals surface area (Å²) in [5, 5.41) is 18.9. The molecule has 30 heavy (non-hydrogen) atoms. The van der Waals surface area contributed by atoms with E-state index < -0.39 is 0 Å². The van der Waals surface area contributed by atoms with Gasteiger partial charge in [-0.25, -0.2) is 0 Å². The molecule has 0 heterocycles. The van der Waals surface area contributed by atoms with E-state index in [1.54, 1.807) is 0 Å². The zero-order valence-electron chi connectivity index (χ0n) is 18.6. The molecule has 0 bridgehead atoms. The first-order chi connectivity index (χ1) is 14.7. The molecule has 0 radical (unpaired) electrons. The molecule has 2 aromatic carbocycles. The van der Waals surface area contributed by atoms with E-state index in [0.717, 1.165) is 57.8 Å². The molecule has 2 nitrogen and oxygen atoms in total. The van der Waals surface area contributed by atoms with Gasteiger partial charge in [-0.15, -0.1) is 0 Å². The molecule has 3 rings (SSSR count). The molecule has 1 fully saturated rings. The molecule has 2 aromatic rings. The fourth-order valence-corrected chi connectivity index (χ4v) is 5.06. The predicted molar refractivity (Wildman–Crippen MR) is 125 cm³/mol. The first-order valence-electron chi connectivity index (χ1n) is 11.9. The average molecular weight is 404 g/mol. The highest BCUT2D eigenvalue weighted by Crippen LogP contribution is 2.46. The van der Waals surface area contributed by atoms with Gasteiger partial charge in [0.15, 0.2) is 0 Å². The first-order valence-corrected chi connectivity index (χ1v) is 11.9. The van der Waals surface area contributed by atoms with Gasteiger partial charge in [-0.2, -0.15) is 5.26 Å². The molecule has 1 N–H and O–H groups in total. The summed E-state index contributed by atoms with van der Waals surface area (Å²) in [5.74, 6) is 0.497. The molecular weight excluding hydrogens is 366 g/mol. The normalized spacial score (nSPS) is 21.3. The Hall–Kier alpha value is -2.11. The van der Waals surface area contributed by atoms with Gasteiger partial charge in [-0.1, -0.05) is 87.6 Å². The minimum atomic E-state index is -0.157. The molecule has 1 aliphatic rings. The molecule has 0 saturated heterocycles. The molecular formula is C28H37NO. The van der Waals surface area contributed by atoms with Gasteiger partial charge in [0.25, 0.3) is 0 Å². The van der Waals surface area contributed by atoms with Crippen molar-refractivity contribution in [3.8, 4) is 17.2 Å². The van der Waals surface area contributed by atoms with Crippen LogP contribution >= 0.6 is 0 Å². The average Bonchev–Trinajstić information content (AvgIpc) is 2.80. The Labute approximate surface area is 183 Å². The Morgan fingerprint density at radius 2 is 1.63 bits per heavy atom. The standard InChI is InChI=1S/C28H37NO/c1-2-8-23-10-12-24(13-11-23)25-14-16-26(17-15-25)27-9-7-19-28(21-27,22-29)18-5-3-4-6-20-30/h10-17,27,30H,2-9,18-21H2,1H3. The predicted octanol–water partition coefficient (Wildman–Crippen LogP) is 7.42. The van der Waals surface area contributed by atoms with Crippen molar-refractivity contribution < 1.29 is 5.11 Å². The van der Waals surface area contributed by atoms with Crippen molar-refractivity contribution in [2.75, 3.05) is 6.61 Å². The van der Waals surface area contributed by atoms with E-state index in [1.807, 2.05) is 0 Å². The molecule has 1 saturated carbocycles. The Balaban J connectivity index is 1.63. The van der Waals surface area contributed by atoms with Crippen molar-refractivity contribution in [1.82, 2.24) is 0 Å². The fourth-order valence-electron chi connectivity index (χ4n) is 5.06. The molecule has 1 aliphatic carbocycles. The van der Waals surface area contributed by atoms with Crippen LogP contribution in [0.25, 0.3) is 11.1 Å². The third-order valence-corrected chi connectivity index (χ3v) is 6.85. The molecule has 0 aliphatic heterocycles. The van der Waals surface area contributed by atoms with Crippen LogP contribution < -0.4 is 0 Å². The summed E-state index contributed by atoms with van der Waals surface area (Å²) in [6, 6.07) is 20.7. The quantitative estimate of drug-likeness (QED) is 0.419. The number of nitrogens with zero attached hydrogens (tertiary/aromatic N) is 1. The van der Waals surface area contributed by atoms with Gasteiger partial charge >= 0.3 is 0 Å². The van der Waals surface area contributed by atoms with E-state index in [0.29, 0.717) is 5.92 Å². The van der Waals surface area contributed by atoms with Gasteiger partial charge < -0.3 is 5.11 Å². The largest absolute Gasteiger partial charge is 0.396 e. The van der Waals surface area contributed by atoms with Crippen LogP contribution in [0.15, 0.2) is 48.5 Å². The second kappa shape index (κ2) is 11.3. The van der Waals surface area contributed by atoms with E-state index in [2.05, 4.69) is 61.5 Å². The molecule has 0 amide bonds. The van der Waals surface area contributed by atoms with Gasteiger partial charge in [0.1, 0.15) is 0 Å². The summed E-state index contributed by atoms with van der Waals surface area (Å²) in [7, 11) is 0. The summed E-state index contributed by atoms with van der Waals surface area (Å²) in [6.07, 6.45) is 11.9. The lowest BCUT2D eigenvalue weighted by Gasteiger charge is -2.36. The smallest absolute Gasteiger partial charge is 0.0689 e. The van der Waals surface area contributed by atoms with Gasteiger partial charge in [0.2, 0.25) is 0 Å². The van der Waals surface area contributed by atoms with E-state index in [-0.39, 0.29) is 12.0 Å². The summed E-state index contributed by atoms with van der Waals surface area (Å²) in [6.45, 7) is 2.50. The number of benzene rings is 2. The minimum Gasteiger partial charge on any atom is -0.396 e. The van der Waals surface area contributed by atoms with Crippen LogP contribution in [-0.2, 0) is 6.42 Å². The highest BCUT2D eigenvalue weighted by atomic mass is 16.2. The Bertz CT molecular complexity index is 802. The van der Waals surface area contributed by atoms with Crippen molar-refractivity contribution in [1.29, 1.82) is 5.26 Å². The number of nitriles is 1. The van der Waals surface area contributed by atoms with Gasteiger partial charge in [0, 0.05) is 6.61 Å². The maximum atomic E-state index is 9.97. The van der Waals surface area contributed by atoms with E-state index in [4.69, 9.17) is 5.11 Å². The van der Waals surface area contributed by atoms with Crippen molar-refractivity contribution in [3.05, 3.63) is 59.7 Å². The van der Waals surface area contributed by atoms with Crippen LogP contribution in [-0.4, -0.2) is 11.7 Å². The highest BCUT2D eigenvalue weighted by molar-refractivity contribution is 5.64. The fraction of sp³-hybridized carbons (Fsp3) is 0.536. The SMILES string of the molecule is CCCc1ccc(-c2ccc(C3CCCC(C#N)(CCCCCCO)C3)cc2)cc1. The number of hydrogen-bond donors (Lipinski definition) is 1. The highest BCUT2D eigenvalue weighted by Gasteiger charge is 2.36. The van der Waals surface area contributed by atoms with Gasteiger partial charge in [0.05, 0.1) is 11.5 Å². The summed E-state index contributed by atoms with van der Waals surface area (Å²) in [4.78, 5) is 0. The number of aryl methyl sites for hydroxylation is 1. The van der Waals surface area contributed by atoms with Crippen LogP contribution in [0.2, 0.25) is 0 Å². The van der Waals surface area contributed by atoms with Crippen LogP contribution in [0.4, 0.5) is 0 Å². The second-order valence-electron chi connectivity index (χ2n) is 9.14. The maximum absolute atomic E-state index is 9.97. The van der Waals surface area contributed by atoms with Crippen LogP contribution in [0.5, 0.6) is 0 Å². The lowest BCUT2D eigenvalue weighted by atomic mass is 9.66. The third-order valence-electron chi connectivity index (χ3n) is 6.85. The Morgan fingerprint density at radius 1 is 0.967 bits per heavy atom. The molecule has 0 aromatic heterocycles. The second-order valence-corrected chi connectivity index (χ2v) is 9.14. The molecule has 160 valence electrons. The van der Waals surface area contributed by atoms with Crippen LogP contribution in [0, 0.1) is 16.7 Å². The first kappa shape index (κ1) is 22.6. The summed E-state index contributed by atoms with van der Waals surface area (Å²) >= 11 is 0. The zero-order valence-corrected chi connectivity index (χ0v) is 18.6. The number of aliphatic hydroxyl groups is 1. The molecule has 2 heteroatoms. The van der Waals surface area contributed by atoms with Crippen molar-refractivity contribution >= 4 is 0 Å². The van der Waals surface area contributed by atoms with E-state index >= 15 is 0 Å². The lowest BCUT2D eigenvalue weighted by Crippen LogP contribution is -2.26. The monoisotopic (exact) mass is 403 g/mol. The molecule has 2 atom stereocenters. The molecule has 2 unspecified atom stereocenters. The van der Waals surface area contributed by atoms with Crippen LogP contribution in [0.3, 0.4) is 0 Å². The number of unbranched alkanes of at least 4 members (excludes halogenated alkanes) is 3. The Morgan fingerprint density at radius 3 is 2.27 bits per heavy atom. The lowest BCUT2D eigenvalue weighted by molar-refractivity contribution is 0.216.